The van der Waals surface area contributed by atoms with E-state index in [1.54, 1.807) is 4.68 Å². The predicted molar refractivity (Wildman–Crippen MR) is 77.4 cm³/mol. The third kappa shape index (κ3) is 2.48. The van der Waals surface area contributed by atoms with E-state index in [1.807, 2.05) is 14.0 Å². The Morgan fingerprint density at radius 3 is 2.70 bits per heavy atom. The molecule has 0 radical (unpaired) electrons. The van der Waals surface area contributed by atoms with Crippen molar-refractivity contribution >= 4 is 0 Å². The van der Waals surface area contributed by atoms with E-state index in [4.69, 9.17) is 0 Å². The van der Waals surface area contributed by atoms with Gasteiger partial charge in [-0.2, -0.15) is 5.10 Å². The van der Waals surface area contributed by atoms with E-state index in [9.17, 15) is 5.11 Å². The number of aryl methyl sites for hydroxylation is 3. The Kier molecular flexibility index (Phi) is 3.34. The van der Waals surface area contributed by atoms with Crippen molar-refractivity contribution in [3.05, 3.63) is 47.0 Å². The SMILES string of the molecule is Cn1ncnc1CC(C)(O)c1ccc2c(c1)CCCC2. The third-order valence-electron chi connectivity index (χ3n) is 4.28. The van der Waals surface area contributed by atoms with Crippen molar-refractivity contribution in [3.8, 4) is 0 Å². The molecule has 0 fully saturated rings. The molecule has 1 unspecified atom stereocenters. The van der Waals surface area contributed by atoms with Gasteiger partial charge in [0.2, 0.25) is 0 Å². The minimum Gasteiger partial charge on any atom is -0.385 e. The van der Waals surface area contributed by atoms with Gasteiger partial charge in [0.05, 0.1) is 5.60 Å². The molecule has 0 spiro atoms. The minimum atomic E-state index is -0.909. The van der Waals surface area contributed by atoms with Crippen LogP contribution in [0.5, 0.6) is 0 Å². The van der Waals surface area contributed by atoms with Gasteiger partial charge in [0.25, 0.3) is 0 Å². The summed E-state index contributed by atoms with van der Waals surface area (Å²) < 4.78 is 1.72. The molecule has 20 heavy (non-hydrogen) atoms. The van der Waals surface area contributed by atoms with Gasteiger partial charge in [-0.15, -0.1) is 0 Å². The molecule has 1 heterocycles. The second-order valence-electron chi connectivity index (χ2n) is 5.94. The summed E-state index contributed by atoms with van der Waals surface area (Å²) in [5.74, 6) is 0.799. The summed E-state index contributed by atoms with van der Waals surface area (Å²) in [4.78, 5) is 4.21. The van der Waals surface area contributed by atoms with E-state index >= 15 is 0 Å². The number of aromatic nitrogens is 3. The van der Waals surface area contributed by atoms with Crippen LogP contribution in [0.15, 0.2) is 24.5 Å². The highest BCUT2D eigenvalue weighted by atomic mass is 16.3. The summed E-state index contributed by atoms with van der Waals surface area (Å²) in [6.45, 7) is 1.85. The highest BCUT2D eigenvalue weighted by Crippen LogP contribution is 2.29. The molecule has 1 aromatic heterocycles. The van der Waals surface area contributed by atoms with Gasteiger partial charge in [-0.25, -0.2) is 4.98 Å². The Balaban J connectivity index is 1.89. The van der Waals surface area contributed by atoms with E-state index in [1.165, 1.54) is 36.7 Å². The monoisotopic (exact) mass is 271 g/mol. The Bertz CT molecular complexity index is 616. The zero-order chi connectivity index (χ0) is 14.2. The number of benzene rings is 1. The number of fused-ring (bicyclic) bond motifs is 1. The van der Waals surface area contributed by atoms with Crippen molar-refractivity contribution in [3.63, 3.8) is 0 Å². The molecule has 0 bridgehead atoms. The van der Waals surface area contributed by atoms with Gasteiger partial charge in [0.15, 0.2) is 0 Å². The highest BCUT2D eigenvalue weighted by molar-refractivity contribution is 5.36. The Morgan fingerprint density at radius 2 is 2.00 bits per heavy atom. The van der Waals surface area contributed by atoms with Crippen LogP contribution in [0.25, 0.3) is 0 Å². The smallest absolute Gasteiger partial charge is 0.138 e. The maximum absolute atomic E-state index is 10.8. The Hall–Kier alpha value is -1.68. The molecule has 3 rings (SSSR count). The molecule has 0 saturated carbocycles. The van der Waals surface area contributed by atoms with Crippen molar-refractivity contribution < 1.29 is 5.11 Å². The molecule has 2 aromatic rings. The maximum Gasteiger partial charge on any atom is 0.138 e. The van der Waals surface area contributed by atoms with Crippen LogP contribution in [0.3, 0.4) is 0 Å². The van der Waals surface area contributed by atoms with Gasteiger partial charge in [-0.1, -0.05) is 18.2 Å². The van der Waals surface area contributed by atoms with Gasteiger partial charge < -0.3 is 5.11 Å². The lowest BCUT2D eigenvalue weighted by Gasteiger charge is -2.26. The van der Waals surface area contributed by atoms with E-state index in [0.717, 1.165) is 17.8 Å². The third-order valence-corrected chi connectivity index (χ3v) is 4.28. The Labute approximate surface area is 119 Å². The van der Waals surface area contributed by atoms with E-state index in [2.05, 4.69) is 28.3 Å². The molecule has 1 aliphatic carbocycles. The molecule has 4 nitrogen and oxygen atoms in total. The van der Waals surface area contributed by atoms with Gasteiger partial charge >= 0.3 is 0 Å². The summed E-state index contributed by atoms with van der Waals surface area (Å²) in [7, 11) is 1.85. The predicted octanol–water partition coefficient (Wildman–Crippen LogP) is 2.14. The molecular weight excluding hydrogens is 250 g/mol. The molecule has 1 N–H and O–H groups in total. The average Bonchev–Trinajstić information content (AvgIpc) is 2.83. The largest absolute Gasteiger partial charge is 0.385 e. The number of hydrogen-bond acceptors (Lipinski definition) is 3. The van der Waals surface area contributed by atoms with E-state index < -0.39 is 5.60 Å². The lowest BCUT2D eigenvalue weighted by molar-refractivity contribution is 0.0544. The summed E-state index contributed by atoms with van der Waals surface area (Å²) in [6, 6.07) is 6.40. The quantitative estimate of drug-likeness (QED) is 0.930. The zero-order valence-corrected chi connectivity index (χ0v) is 12.1. The van der Waals surface area contributed by atoms with Crippen molar-refractivity contribution in [2.45, 2.75) is 44.6 Å². The summed E-state index contributed by atoms with van der Waals surface area (Å²) in [5.41, 5.74) is 2.90. The number of rotatable bonds is 3. The number of aliphatic hydroxyl groups is 1. The Morgan fingerprint density at radius 1 is 1.25 bits per heavy atom. The van der Waals surface area contributed by atoms with Crippen molar-refractivity contribution in [1.29, 1.82) is 0 Å². The van der Waals surface area contributed by atoms with E-state index in [-0.39, 0.29) is 0 Å². The first-order chi connectivity index (χ1) is 9.56. The first-order valence-corrected chi connectivity index (χ1v) is 7.24. The number of hydrogen-bond donors (Lipinski definition) is 1. The second-order valence-corrected chi connectivity index (χ2v) is 5.94. The molecule has 0 amide bonds. The maximum atomic E-state index is 10.8. The van der Waals surface area contributed by atoms with Crippen LogP contribution in [-0.4, -0.2) is 19.9 Å². The molecule has 1 aromatic carbocycles. The van der Waals surface area contributed by atoms with Crippen molar-refractivity contribution in [2.24, 2.45) is 7.05 Å². The van der Waals surface area contributed by atoms with E-state index in [0.29, 0.717) is 6.42 Å². The summed E-state index contributed by atoms with van der Waals surface area (Å²) in [6.07, 6.45) is 6.83. The minimum absolute atomic E-state index is 0.474. The molecular formula is C16H21N3O. The topological polar surface area (TPSA) is 50.9 Å². The number of nitrogens with zero attached hydrogens (tertiary/aromatic N) is 3. The second kappa shape index (κ2) is 5.02. The zero-order valence-electron chi connectivity index (χ0n) is 12.1. The molecule has 106 valence electrons. The van der Waals surface area contributed by atoms with Gasteiger partial charge in [-0.05, 0) is 49.3 Å². The van der Waals surface area contributed by atoms with Crippen molar-refractivity contribution in [1.82, 2.24) is 14.8 Å². The molecule has 1 aliphatic rings. The molecule has 4 heteroatoms. The van der Waals surface area contributed by atoms with Crippen LogP contribution >= 0.6 is 0 Å². The normalized spacial score (nSPS) is 17.6. The average molecular weight is 271 g/mol. The lowest BCUT2D eigenvalue weighted by Crippen LogP contribution is -2.26. The fourth-order valence-corrected chi connectivity index (χ4v) is 2.96. The van der Waals surface area contributed by atoms with Gasteiger partial charge in [0.1, 0.15) is 12.2 Å². The van der Waals surface area contributed by atoms with Crippen LogP contribution in [-0.2, 0) is 31.9 Å². The fourth-order valence-electron chi connectivity index (χ4n) is 2.96. The van der Waals surface area contributed by atoms with Gasteiger partial charge in [0, 0.05) is 13.5 Å². The summed E-state index contributed by atoms with van der Waals surface area (Å²) >= 11 is 0. The first-order valence-electron chi connectivity index (χ1n) is 7.24. The van der Waals surface area contributed by atoms with Crippen LogP contribution in [0.1, 0.15) is 42.3 Å². The van der Waals surface area contributed by atoms with Crippen LogP contribution < -0.4 is 0 Å². The fraction of sp³-hybridized carbons (Fsp3) is 0.500. The van der Waals surface area contributed by atoms with Crippen molar-refractivity contribution in [2.75, 3.05) is 0 Å². The standard InChI is InChI=1S/C16H21N3O/c1-16(20,10-15-17-11-18-19(15)2)14-8-7-12-5-3-4-6-13(12)9-14/h7-9,11,20H,3-6,10H2,1-2H3. The van der Waals surface area contributed by atoms with Gasteiger partial charge in [-0.3, -0.25) is 4.68 Å². The van der Waals surface area contributed by atoms with Crippen LogP contribution in [0.4, 0.5) is 0 Å². The molecule has 1 atom stereocenters. The first kappa shape index (κ1) is 13.3. The molecule has 0 aliphatic heterocycles. The molecule has 0 saturated heterocycles. The highest BCUT2D eigenvalue weighted by Gasteiger charge is 2.26. The van der Waals surface area contributed by atoms with Crippen LogP contribution in [0, 0.1) is 0 Å². The lowest BCUT2D eigenvalue weighted by atomic mass is 9.85. The van der Waals surface area contributed by atoms with Crippen LogP contribution in [0.2, 0.25) is 0 Å². The summed E-state index contributed by atoms with van der Waals surface area (Å²) in [5, 5.41) is 14.9.